The van der Waals surface area contributed by atoms with Crippen LogP contribution in [0.1, 0.15) is 17.7 Å². The van der Waals surface area contributed by atoms with Gasteiger partial charge >= 0.3 is 0 Å². The maximum Gasteiger partial charge on any atom is 0.274 e. The summed E-state index contributed by atoms with van der Waals surface area (Å²) >= 11 is 3.41. The third kappa shape index (κ3) is 1.45. The quantitative estimate of drug-likeness (QED) is 0.855. The number of hydrogen-bond acceptors (Lipinski definition) is 1. The van der Waals surface area contributed by atoms with Crippen LogP contribution in [0, 0.1) is 0 Å². The number of rotatable bonds is 1. The number of nitrogens with zero attached hydrogens (tertiary/aromatic N) is 1. The molecule has 0 fully saturated rings. The van der Waals surface area contributed by atoms with Crippen molar-refractivity contribution in [2.45, 2.75) is 19.3 Å². The van der Waals surface area contributed by atoms with Crippen LogP contribution in [0.2, 0.25) is 0 Å². The number of nitrogens with one attached hydrogen (secondary N) is 1. The van der Waals surface area contributed by atoms with E-state index in [1.807, 2.05) is 24.3 Å². The molecule has 2 aromatic rings. The van der Waals surface area contributed by atoms with E-state index in [9.17, 15) is 4.79 Å². The molecule has 16 heavy (non-hydrogen) atoms. The molecule has 1 aliphatic carbocycles. The van der Waals surface area contributed by atoms with Crippen molar-refractivity contribution in [2.24, 2.45) is 0 Å². The van der Waals surface area contributed by atoms with E-state index in [1.165, 1.54) is 0 Å². The van der Waals surface area contributed by atoms with Crippen LogP contribution in [-0.4, -0.2) is 9.78 Å². The molecule has 0 amide bonds. The van der Waals surface area contributed by atoms with Gasteiger partial charge in [0.05, 0.1) is 5.69 Å². The predicted molar refractivity (Wildman–Crippen MR) is 66.1 cm³/mol. The first-order valence-electron chi connectivity index (χ1n) is 5.34. The Morgan fingerprint density at radius 1 is 1.31 bits per heavy atom. The second-order valence-electron chi connectivity index (χ2n) is 4.04. The van der Waals surface area contributed by atoms with Crippen molar-refractivity contribution in [3.05, 3.63) is 50.3 Å². The lowest BCUT2D eigenvalue weighted by Gasteiger charge is -2.02. The minimum absolute atomic E-state index is 0.102. The van der Waals surface area contributed by atoms with Crippen molar-refractivity contribution in [1.82, 2.24) is 9.78 Å². The van der Waals surface area contributed by atoms with Gasteiger partial charge in [0.15, 0.2) is 0 Å². The molecule has 82 valence electrons. The third-order valence-electron chi connectivity index (χ3n) is 2.99. The minimum Gasteiger partial charge on any atom is -0.295 e. The van der Waals surface area contributed by atoms with Gasteiger partial charge in [-0.2, -0.15) is 0 Å². The SMILES string of the molecule is O=c1c2c([nH]n1-c1cccc(Br)c1)CCC2. The lowest BCUT2D eigenvalue weighted by atomic mass is 10.3. The number of halogens is 1. The molecule has 1 aromatic heterocycles. The monoisotopic (exact) mass is 278 g/mol. The van der Waals surface area contributed by atoms with Crippen LogP contribution in [0.3, 0.4) is 0 Å². The van der Waals surface area contributed by atoms with Gasteiger partial charge in [0.25, 0.3) is 5.56 Å². The Morgan fingerprint density at radius 3 is 2.94 bits per heavy atom. The van der Waals surface area contributed by atoms with E-state index in [1.54, 1.807) is 4.68 Å². The molecule has 1 N–H and O–H groups in total. The fraction of sp³-hybridized carbons (Fsp3) is 0.250. The van der Waals surface area contributed by atoms with Gasteiger partial charge in [0.1, 0.15) is 0 Å². The normalized spacial score (nSPS) is 14.1. The highest BCUT2D eigenvalue weighted by molar-refractivity contribution is 9.10. The number of H-pyrrole nitrogens is 1. The van der Waals surface area contributed by atoms with Crippen molar-refractivity contribution in [3.63, 3.8) is 0 Å². The molecule has 1 aromatic carbocycles. The molecule has 0 atom stereocenters. The Hall–Kier alpha value is -1.29. The molecule has 0 bridgehead atoms. The summed E-state index contributed by atoms with van der Waals surface area (Å²) in [5.41, 5.74) is 3.05. The van der Waals surface area contributed by atoms with Crippen molar-refractivity contribution >= 4 is 15.9 Å². The van der Waals surface area contributed by atoms with Crippen LogP contribution in [-0.2, 0) is 12.8 Å². The zero-order valence-corrected chi connectivity index (χ0v) is 10.3. The molecule has 3 nitrogen and oxygen atoms in total. The van der Waals surface area contributed by atoms with Crippen molar-refractivity contribution in [2.75, 3.05) is 0 Å². The van der Waals surface area contributed by atoms with Crippen LogP contribution in [0.5, 0.6) is 0 Å². The Morgan fingerprint density at radius 2 is 2.19 bits per heavy atom. The Bertz CT molecular complexity index is 597. The van der Waals surface area contributed by atoms with E-state index in [-0.39, 0.29) is 5.56 Å². The third-order valence-corrected chi connectivity index (χ3v) is 3.49. The first-order valence-corrected chi connectivity index (χ1v) is 6.14. The van der Waals surface area contributed by atoms with E-state index < -0.39 is 0 Å². The Kier molecular flexibility index (Phi) is 2.24. The van der Waals surface area contributed by atoms with Crippen molar-refractivity contribution < 1.29 is 0 Å². The van der Waals surface area contributed by atoms with Gasteiger partial charge < -0.3 is 0 Å². The van der Waals surface area contributed by atoms with Crippen LogP contribution >= 0.6 is 15.9 Å². The van der Waals surface area contributed by atoms with Gasteiger partial charge in [-0.15, -0.1) is 0 Å². The fourth-order valence-corrected chi connectivity index (χ4v) is 2.61. The van der Waals surface area contributed by atoms with Gasteiger partial charge in [-0.1, -0.05) is 22.0 Å². The standard InChI is InChI=1S/C12H11BrN2O/c13-8-3-1-4-9(7-8)15-12(16)10-5-2-6-11(10)14-15/h1,3-4,7,14H,2,5-6H2. The van der Waals surface area contributed by atoms with Crippen molar-refractivity contribution in [1.29, 1.82) is 0 Å². The van der Waals surface area contributed by atoms with E-state index in [4.69, 9.17) is 0 Å². The molecule has 1 heterocycles. The zero-order chi connectivity index (χ0) is 11.1. The highest BCUT2D eigenvalue weighted by Crippen LogP contribution is 2.19. The maximum absolute atomic E-state index is 12.1. The summed E-state index contributed by atoms with van der Waals surface area (Å²) in [4.78, 5) is 12.1. The summed E-state index contributed by atoms with van der Waals surface area (Å²) < 4.78 is 2.61. The van der Waals surface area contributed by atoms with Crippen LogP contribution in [0.15, 0.2) is 33.5 Å². The lowest BCUT2D eigenvalue weighted by molar-refractivity contribution is 0.779. The second kappa shape index (κ2) is 3.63. The molecule has 0 spiro atoms. The topological polar surface area (TPSA) is 37.8 Å². The van der Waals surface area contributed by atoms with Gasteiger partial charge in [0.2, 0.25) is 0 Å². The van der Waals surface area contributed by atoms with Crippen LogP contribution in [0.4, 0.5) is 0 Å². The van der Waals surface area contributed by atoms with E-state index in [0.717, 1.165) is 40.7 Å². The Labute approximate surface area is 101 Å². The van der Waals surface area contributed by atoms with Crippen molar-refractivity contribution in [3.8, 4) is 5.69 Å². The Balaban J connectivity index is 2.18. The van der Waals surface area contributed by atoms with Crippen LogP contribution < -0.4 is 5.56 Å². The fourth-order valence-electron chi connectivity index (χ4n) is 2.22. The van der Waals surface area contributed by atoms with Gasteiger partial charge in [-0.3, -0.25) is 9.89 Å². The average molecular weight is 279 g/mol. The first kappa shape index (κ1) is 9.90. The molecular formula is C12H11BrN2O. The van der Waals surface area contributed by atoms with Gasteiger partial charge in [0, 0.05) is 15.7 Å². The van der Waals surface area contributed by atoms with E-state index in [2.05, 4.69) is 21.0 Å². The first-order chi connectivity index (χ1) is 7.75. The van der Waals surface area contributed by atoms with E-state index in [0.29, 0.717) is 0 Å². The zero-order valence-electron chi connectivity index (χ0n) is 8.66. The number of fused-ring (bicyclic) bond motifs is 1. The summed E-state index contributed by atoms with van der Waals surface area (Å²) in [6.07, 6.45) is 2.99. The minimum atomic E-state index is 0.102. The highest BCUT2D eigenvalue weighted by Gasteiger charge is 2.19. The second-order valence-corrected chi connectivity index (χ2v) is 4.96. The summed E-state index contributed by atoms with van der Waals surface area (Å²) in [7, 11) is 0. The number of benzene rings is 1. The summed E-state index contributed by atoms with van der Waals surface area (Å²) in [5.74, 6) is 0. The molecule has 0 saturated carbocycles. The number of aromatic amines is 1. The lowest BCUT2D eigenvalue weighted by Crippen LogP contribution is -2.17. The molecule has 4 heteroatoms. The molecule has 0 unspecified atom stereocenters. The highest BCUT2D eigenvalue weighted by atomic mass is 79.9. The number of aryl methyl sites for hydroxylation is 1. The van der Waals surface area contributed by atoms with Gasteiger partial charge in [-0.05, 0) is 37.5 Å². The number of hydrogen-bond donors (Lipinski definition) is 1. The molecular weight excluding hydrogens is 268 g/mol. The predicted octanol–water partition coefficient (Wildman–Crippen LogP) is 2.42. The smallest absolute Gasteiger partial charge is 0.274 e. The van der Waals surface area contributed by atoms with E-state index >= 15 is 0 Å². The molecule has 1 aliphatic rings. The van der Waals surface area contributed by atoms with Gasteiger partial charge in [-0.25, -0.2) is 4.68 Å². The molecule has 0 saturated heterocycles. The summed E-state index contributed by atoms with van der Waals surface area (Å²) in [5, 5.41) is 3.19. The van der Waals surface area contributed by atoms with Crippen LogP contribution in [0.25, 0.3) is 5.69 Å². The molecule has 0 aliphatic heterocycles. The largest absolute Gasteiger partial charge is 0.295 e. The maximum atomic E-state index is 12.1. The molecule has 3 rings (SSSR count). The summed E-state index contributed by atoms with van der Waals surface area (Å²) in [6.45, 7) is 0. The number of aromatic nitrogens is 2. The summed E-state index contributed by atoms with van der Waals surface area (Å²) in [6, 6.07) is 7.74. The average Bonchev–Trinajstić information content (AvgIpc) is 2.82. The molecule has 0 radical (unpaired) electrons.